The minimum Gasteiger partial charge on any atom is -0.385 e. The normalized spacial score (nSPS) is 40.0. The molecular formula is C36H48O7. The molecule has 234 valence electrons. The smallest absolute Gasteiger partial charge is 0.171 e. The van der Waals surface area contributed by atoms with Crippen LogP contribution in [0.15, 0.2) is 35.4 Å². The van der Waals surface area contributed by atoms with Gasteiger partial charge in [0.15, 0.2) is 12.1 Å². The molecule has 0 radical (unpaired) electrons. The number of fused-ring (bicyclic) bond motifs is 4. The third-order valence-electron chi connectivity index (χ3n) is 11.8. The minimum absolute atomic E-state index is 0.0995. The number of hydrogen-bond donors (Lipinski definition) is 2. The lowest BCUT2D eigenvalue weighted by Gasteiger charge is -2.57. The Morgan fingerprint density at radius 2 is 1.79 bits per heavy atom. The summed E-state index contributed by atoms with van der Waals surface area (Å²) in [5.74, 6) is 6.60. The Balaban J connectivity index is 1.23. The van der Waals surface area contributed by atoms with Crippen LogP contribution in [0.3, 0.4) is 0 Å². The number of rotatable bonds is 5. The van der Waals surface area contributed by atoms with Crippen molar-refractivity contribution < 1.29 is 33.9 Å². The molecule has 1 aromatic carbocycles. The molecule has 4 aliphatic carbocycles. The van der Waals surface area contributed by atoms with Crippen molar-refractivity contribution in [2.24, 2.45) is 17.3 Å². The van der Waals surface area contributed by atoms with Crippen molar-refractivity contribution in [2.45, 2.75) is 113 Å². The molecule has 3 saturated carbocycles. The molecule has 1 spiro atoms. The quantitative estimate of drug-likeness (QED) is 0.351. The molecular weight excluding hydrogens is 544 g/mol. The van der Waals surface area contributed by atoms with Gasteiger partial charge in [-0.1, -0.05) is 48.6 Å². The van der Waals surface area contributed by atoms with Crippen molar-refractivity contribution in [1.29, 1.82) is 0 Å². The lowest BCUT2D eigenvalue weighted by molar-refractivity contribution is -0.208. The van der Waals surface area contributed by atoms with Gasteiger partial charge in [0.05, 0.1) is 25.4 Å². The predicted molar refractivity (Wildman–Crippen MR) is 161 cm³/mol. The van der Waals surface area contributed by atoms with Crippen LogP contribution in [-0.4, -0.2) is 67.0 Å². The van der Waals surface area contributed by atoms with Crippen molar-refractivity contribution in [3.8, 4) is 11.8 Å². The van der Waals surface area contributed by atoms with E-state index in [4.69, 9.17) is 23.7 Å². The number of ether oxygens (including phenoxy) is 5. The minimum atomic E-state index is -1.09. The van der Waals surface area contributed by atoms with Crippen LogP contribution in [0.5, 0.6) is 0 Å². The summed E-state index contributed by atoms with van der Waals surface area (Å²) in [6.45, 7) is 5.06. The number of aliphatic hydroxyl groups is 2. The number of benzene rings is 1. The van der Waals surface area contributed by atoms with Gasteiger partial charge in [-0.2, -0.15) is 0 Å². The van der Waals surface area contributed by atoms with E-state index in [0.29, 0.717) is 50.9 Å². The maximum absolute atomic E-state index is 12.3. The zero-order valence-corrected chi connectivity index (χ0v) is 25.9. The highest BCUT2D eigenvalue weighted by atomic mass is 16.7. The Bertz CT molecular complexity index is 1270. The van der Waals surface area contributed by atoms with Crippen LogP contribution in [0, 0.1) is 29.1 Å². The first-order valence-corrected chi connectivity index (χ1v) is 16.6. The van der Waals surface area contributed by atoms with Gasteiger partial charge in [-0.3, -0.25) is 0 Å². The zero-order valence-electron chi connectivity index (χ0n) is 25.9. The van der Waals surface area contributed by atoms with Crippen molar-refractivity contribution in [3.63, 3.8) is 0 Å². The molecule has 2 saturated heterocycles. The second-order valence-corrected chi connectivity index (χ2v) is 14.2. The fraction of sp³-hybridized carbons (Fsp3) is 0.722. The Morgan fingerprint density at radius 3 is 2.53 bits per heavy atom. The van der Waals surface area contributed by atoms with Crippen LogP contribution in [0.2, 0.25) is 0 Å². The molecule has 5 fully saturated rings. The molecule has 3 unspecified atom stereocenters. The highest BCUT2D eigenvalue weighted by molar-refractivity contribution is 5.45. The number of methoxy groups -OCH3 is 1. The summed E-state index contributed by atoms with van der Waals surface area (Å²) in [4.78, 5) is 0. The molecule has 43 heavy (non-hydrogen) atoms. The largest absolute Gasteiger partial charge is 0.385 e. The van der Waals surface area contributed by atoms with E-state index in [2.05, 4.69) is 43.0 Å². The van der Waals surface area contributed by atoms with E-state index in [1.54, 1.807) is 7.11 Å². The molecule has 2 heterocycles. The Morgan fingerprint density at radius 1 is 0.977 bits per heavy atom. The van der Waals surface area contributed by atoms with Crippen molar-refractivity contribution in [1.82, 2.24) is 0 Å². The van der Waals surface area contributed by atoms with Gasteiger partial charge >= 0.3 is 0 Å². The molecule has 7 rings (SSSR count). The molecule has 7 nitrogen and oxygen atoms in total. The van der Waals surface area contributed by atoms with Crippen molar-refractivity contribution >= 4 is 0 Å². The molecule has 0 amide bonds. The molecule has 2 N–H and O–H groups in total. The third-order valence-corrected chi connectivity index (χ3v) is 11.8. The summed E-state index contributed by atoms with van der Waals surface area (Å²) < 4.78 is 29.2. The van der Waals surface area contributed by atoms with E-state index in [9.17, 15) is 10.2 Å². The Labute approximate surface area is 256 Å². The van der Waals surface area contributed by atoms with Gasteiger partial charge in [-0.25, -0.2) is 0 Å². The summed E-state index contributed by atoms with van der Waals surface area (Å²) in [5.41, 5.74) is 2.63. The van der Waals surface area contributed by atoms with Crippen molar-refractivity contribution in [3.05, 3.63) is 46.5 Å². The van der Waals surface area contributed by atoms with E-state index in [1.807, 2.05) is 0 Å². The Hall–Kier alpha value is -1.76. The summed E-state index contributed by atoms with van der Waals surface area (Å²) in [7, 11) is 1.72. The molecule has 7 atom stereocenters. The van der Waals surface area contributed by atoms with Crippen molar-refractivity contribution in [2.75, 3.05) is 33.5 Å². The van der Waals surface area contributed by atoms with Gasteiger partial charge in [0.2, 0.25) is 0 Å². The molecule has 7 heteroatoms. The molecule has 0 bridgehead atoms. The molecule has 1 aromatic rings. The highest BCUT2D eigenvalue weighted by Gasteiger charge is 2.64. The lowest BCUT2D eigenvalue weighted by atomic mass is 9.49. The second kappa shape index (κ2) is 11.6. The summed E-state index contributed by atoms with van der Waals surface area (Å²) >= 11 is 0. The monoisotopic (exact) mass is 592 g/mol. The van der Waals surface area contributed by atoms with Gasteiger partial charge in [0, 0.05) is 37.9 Å². The maximum Gasteiger partial charge on any atom is 0.171 e. The lowest BCUT2D eigenvalue weighted by Crippen LogP contribution is -2.55. The van der Waals surface area contributed by atoms with Gasteiger partial charge in [-0.05, 0) is 86.3 Å². The summed E-state index contributed by atoms with van der Waals surface area (Å²) in [5, 5.41) is 24.6. The van der Waals surface area contributed by atoms with Gasteiger partial charge in [0.1, 0.15) is 12.2 Å². The molecule has 6 aliphatic rings. The fourth-order valence-electron chi connectivity index (χ4n) is 9.69. The second-order valence-electron chi connectivity index (χ2n) is 14.2. The average Bonchev–Trinajstić information content (AvgIpc) is 3.56. The van der Waals surface area contributed by atoms with Crippen LogP contribution >= 0.6 is 0 Å². The first-order valence-electron chi connectivity index (χ1n) is 16.6. The van der Waals surface area contributed by atoms with E-state index < -0.39 is 17.0 Å². The first-order chi connectivity index (χ1) is 20.8. The van der Waals surface area contributed by atoms with Crippen LogP contribution in [0.25, 0.3) is 0 Å². The van der Waals surface area contributed by atoms with E-state index in [0.717, 1.165) is 63.5 Å². The van der Waals surface area contributed by atoms with Crippen LogP contribution < -0.4 is 0 Å². The highest BCUT2D eigenvalue weighted by Crippen LogP contribution is 2.67. The van der Waals surface area contributed by atoms with E-state index in [-0.39, 0.29) is 24.2 Å². The van der Waals surface area contributed by atoms with Gasteiger partial charge < -0.3 is 33.9 Å². The number of allylic oxidation sites excluding steroid dienone is 1. The van der Waals surface area contributed by atoms with Gasteiger partial charge in [0.25, 0.3) is 0 Å². The van der Waals surface area contributed by atoms with E-state index in [1.165, 1.54) is 16.7 Å². The fourth-order valence-corrected chi connectivity index (χ4v) is 9.69. The van der Waals surface area contributed by atoms with E-state index >= 15 is 0 Å². The third kappa shape index (κ3) is 5.21. The average molecular weight is 593 g/mol. The van der Waals surface area contributed by atoms with Crippen LogP contribution in [-0.2, 0) is 30.3 Å². The number of hydrogen-bond acceptors (Lipinski definition) is 7. The molecule has 2 aliphatic heterocycles. The first kappa shape index (κ1) is 29.9. The summed E-state index contributed by atoms with van der Waals surface area (Å²) in [6.07, 6.45) is 8.99. The maximum atomic E-state index is 12.3. The zero-order chi connectivity index (χ0) is 29.7. The predicted octanol–water partition coefficient (Wildman–Crippen LogP) is 5.38. The van der Waals surface area contributed by atoms with Crippen LogP contribution in [0.1, 0.15) is 94.6 Å². The summed E-state index contributed by atoms with van der Waals surface area (Å²) in [6, 6.07) is 8.77. The van der Waals surface area contributed by atoms with Crippen LogP contribution in [0.4, 0.5) is 0 Å². The topological polar surface area (TPSA) is 86.6 Å². The standard InChI is InChI=1S/C36H48O7/c1-33-22-28(26-9-7-25(8-10-26)23-39-2)32-27(11-15-34(37)24-36(17-13-30(32)34)42-20-21-43-36)29(33)12-16-35(33,38)14-5-19-41-31-6-3-4-18-40-31/h7-10,27-29,31,37-38H,3-4,6,11-13,15-24H2,1-2H3/t27?,28-,29?,31?,33+,34-,35+/m1/s1. The Kier molecular flexibility index (Phi) is 8.04. The SMILES string of the molecule is COCc1ccc([C@H]2C[C@@]3(C)C(CC[C@@]3(O)C#CCOC3CCCCO3)C3CC[C@@]4(O)CC5(CCC4=C32)OCCO5)cc1. The van der Waals surface area contributed by atoms with Gasteiger partial charge in [-0.15, -0.1) is 0 Å². The molecule has 0 aromatic heterocycles.